The van der Waals surface area contributed by atoms with Crippen LogP contribution in [-0.4, -0.2) is 30.5 Å². The van der Waals surface area contributed by atoms with Gasteiger partial charge in [0.2, 0.25) is 0 Å². The lowest BCUT2D eigenvalue weighted by Gasteiger charge is -2.13. The van der Waals surface area contributed by atoms with Gasteiger partial charge in [0.1, 0.15) is 10.3 Å². The molecule has 0 spiro atoms. The first-order chi connectivity index (χ1) is 9.69. The number of nitrogens with zero attached hydrogens (tertiary/aromatic N) is 1. The van der Waals surface area contributed by atoms with Crippen LogP contribution in [0.3, 0.4) is 0 Å². The number of carboxylic acid groups (broad SMARTS) is 1. The first-order valence-electron chi connectivity index (χ1n) is 5.88. The van der Waals surface area contributed by atoms with Crippen molar-refractivity contribution in [2.45, 2.75) is 36.4 Å². The van der Waals surface area contributed by atoms with Gasteiger partial charge in [0, 0.05) is 6.07 Å². The van der Waals surface area contributed by atoms with Crippen LogP contribution in [0, 0.1) is 10.1 Å². The molecule has 1 heterocycles. The minimum atomic E-state index is -4.17. The van der Waals surface area contributed by atoms with E-state index in [0.29, 0.717) is 24.2 Å². The number of halogens is 1. The quantitative estimate of drug-likeness (QED) is 0.543. The first kappa shape index (κ1) is 17.8. The van der Waals surface area contributed by atoms with Crippen LogP contribution in [0.25, 0.3) is 0 Å². The fourth-order valence-corrected chi connectivity index (χ4v) is 4.39. The number of thiophene rings is 1. The molecule has 0 aromatic carbocycles. The Hall–Kier alpha value is -1.23. The highest BCUT2D eigenvalue weighted by molar-refractivity contribution is 7.91. The van der Waals surface area contributed by atoms with E-state index in [9.17, 15) is 23.3 Å². The summed E-state index contributed by atoms with van der Waals surface area (Å²) in [5.74, 6) is -1.30. The normalized spacial score (nSPS) is 13.0. The number of aliphatic carboxylic acids is 1. The van der Waals surface area contributed by atoms with Crippen LogP contribution in [-0.2, 0) is 14.8 Å². The minimum Gasteiger partial charge on any atom is -0.480 e. The molecule has 21 heavy (non-hydrogen) atoms. The molecule has 1 rings (SSSR count). The lowest BCUT2D eigenvalue weighted by atomic mass is 10.1. The van der Waals surface area contributed by atoms with E-state index in [1.807, 2.05) is 11.6 Å². The van der Waals surface area contributed by atoms with E-state index in [1.54, 1.807) is 0 Å². The molecule has 11 heteroatoms. The molecule has 0 radical (unpaired) electrons. The van der Waals surface area contributed by atoms with Gasteiger partial charge in [-0.2, -0.15) is 4.72 Å². The minimum absolute atomic E-state index is 0.131. The average molecular weight is 357 g/mol. The molecule has 0 aliphatic heterocycles. The number of nitro groups is 1. The van der Waals surface area contributed by atoms with Gasteiger partial charge in [-0.1, -0.05) is 31.4 Å². The third kappa shape index (κ3) is 4.63. The summed E-state index contributed by atoms with van der Waals surface area (Å²) in [4.78, 5) is 20.9. The molecule has 0 aliphatic carbocycles. The summed E-state index contributed by atoms with van der Waals surface area (Å²) in [7, 11) is -4.17. The molecular formula is C10H13ClN2O6S2. The molecule has 0 saturated heterocycles. The maximum absolute atomic E-state index is 12.1. The molecule has 8 nitrogen and oxygen atoms in total. The van der Waals surface area contributed by atoms with Gasteiger partial charge in [-0.05, 0) is 6.42 Å². The summed E-state index contributed by atoms with van der Waals surface area (Å²) >= 11 is 6.10. The third-order valence-electron chi connectivity index (χ3n) is 2.55. The summed E-state index contributed by atoms with van der Waals surface area (Å²) in [5.41, 5.74) is -0.525. The summed E-state index contributed by atoms with van der Waals surface area (Å²) in [6.07, 6.45) is 1.37. The second-order valence-electron chi connectivity index (χ2n) is 4.14. The topological polar surface area (TPSA) is 127 Å². The molecule has 0 aliphatic rings. The van der Waals surface area contributed by atoms with Crippen LogP contribution in [0.15, 0.2) is 10.3 Å². The largest absolute Gasteiger partial charge is 0.480 e. The van der Waals surface area contributed by atoms with Gasteiger partial charge >= 0.3 is 5.97 Å². The van der Waals surface area contributed by atoms with E-state index >= 15 is 0 Å². The molecule has 0 amide bonds. The number of hydrogen-bond acceptors (Lipinski definition) is 6. The second kappa shape index (κ2) is 7.16. The number of rotatable bonds is 8. The molecule has 1 aromatic heterocycles. The van der Waals surface area contributed by atoms with Crippen molar-refractivity contribution in [3.8, 4) is 0 Å². The molecule has 1 atom stereocenters. The molecule has 0 bridgehead atoms. The fraction of sp³-hybridized carbons (Fsp3) is 0.500. The Balaban J connectivity index is 3.02. The average Bonchev–Trinajstić information content (AvgIpc) is 2.77. The Morgan fingerprint density at radius 2 is 2.24 bits per heavy atom. The van der Waals surface area contributed by atoms with Crippen molar-refractivity contribution in [3.05, 3.63) is 20.5 Å². The van der Waals surface area contributed by atoms with Crippen LogP contribution in [0.5, 0.6) is 0 Å². The maximum Gasteiger partial charge on any atom is 0.321 e. The van der Waals surface area contributed by atoms with Gasteiger partial charge in [0.15, 0.2) is 4.34 Å². The molecular weight excluding hydrogens is 344 g/mol. The standard InChI is InChI=1S/C10H13ClN2O6S2/c1-2-3-4-6(10(14)15)12-21(18,19)8-5-7(13(16)17)9(11)20-8/h5-6,12H,2-4H2,1H3,(H,14,15). The van der Waals surface area contributed by atoms with E-state index in [4.69, 9.17) is 16.7 Å². The number of sulfonamides is 1. The van der Waals surface area contributed by atoms with E-state index < -0.39 is 32.6 Å². The number of unbranched alkanes of at least 4 members (excludes halogenated alkanes) is 1. The Morgan fingerprint density at radius 1 is 1.62 bits per heavy atom. The Morgan fingerprint density at radius 3 is 2.67 bits per heavy atom. The van der Waals surface area contributed by atoms with Gasteiger partial charge < -0.3 is 5.11 Å². The highest BCUT2D eigenvalue weighted by Gasteiger charge is 2.29. The monoisotopic (exact) mass is 356 g/mol. The molecule has 2 N–H and O–H groups in total. The van der Waals surface area contributed by atoms with E-state index in [0.717, 1.165) is 6.07 Å². The van der Waals surface area contributed by atoms with Gasteiger partial charge in [-0.15, -0.1) is 11.3 Å². The lowest BCUT2D eigenvalue weighted by molar-refractivity contribution is -0.384. The van der Waals surface area contributed by atoms with Crippen molar-refractivity contribution in [1.29, 1.82) is 0 Å². The molecule has 1 aromatic rings. The Bertz CT molecular complexity index is 642. The smallest absolute Gasteiger partial charge is 0.321 e. The van der Waals surface area contributed by atoms with Crippen LogP contribution >= 0.6 is 22.9 Å². The highest BCUT2D eigenvalue weighted by Crippen LogP contribution is 2.36. The zero-order chi connectivity index (χ0) is 16.2. The van der Waals surface area contributed by atoms with Gasteiger partial charge in [-0.25, -0.2) is 8.42 Å². The summed E-state index contributed by atoms with van der Waals surface area (Å²) in [6.45, 7) is 1.84. The van der Waals surface area contributed by atoms with Gasteiger partial charge in [-0.3, -0.25) is 14.9 Å². The van der Waals surface area contributed by atoms with Crippen molar-refractivity contribution in [3.63, 3.8) is 0 Å². The van der Waals surface area contributed by atoms with Crippen molar-refractivity contribution in [1.82, 2.24) is 4.72 Å². The van der Waals surface area contributed by atoms with E-state index in [2.05, 4.69) is 0 Å². The van der Waals surface area contributed by atoms with Crippen LogP contribution in [0.4, 0.5) is 5.69 Å². The maximum atomic E-state index is 12.1. The lowest BCUT2D eigenvalue weighted by Crippen LogP contribution is -2.40. The first-order valence-corrected chi connectivity index (χ1v) is 8.55. The summed E-state index contributed by atoms with van der Waals surface area (Å²) in [5, 5.41) is 19.7. The highest BCUT2D eigenvalue weighted by atomic mass is 35.5. The molecule has 0 saturated carbocycles. The summed E-state index contributed by atoms with van der Waals surface area (Å²) in [6, 6.07) is -0.469. The van der Waals surface area contributed by atoms with Crippen molar-refractivity contribution >= 4 is 44.6 Å². The SMILES string of the molecule is CCCCC(NS(=O)(=O)c1cc([N+](=O)[O-])c(Cl)s1)C(=O)O. The van der Waals surface area contributed by atoms with Crippen molar-refractivity contribution in [2.24, 2.45) is 0 Å². The van der Waals surface area contributed by atoms with Crippen molar-refractivity contribution < 1.29 is 23.2 Å². The molecule has 0 fully saturated rings. The van der Waals surface area contributed by atoms with E-state index in [1.165, 1.54) is 0 Å². The van der Waals surface area contributed by atoms with Crippen molar-refractivity contribution in [2.75, 3.05) is 0 Å². The Kier molecular flexibility index (Phi) is 6.08. The predicted octanol–water partition coefficient (Wildman–Crippen LogP) is 2.23. The number of hydrogen-bond donors (Lipinski definition) is 2. The fourth-order valence-electron chi connectivity index (χ4n) is 1.48. The molecule has 118 valence electrons. The zero-order valence-corrected chi connectivity index (χ0v) is 13.3. The van der Waals surface area contributed by atoms with Crippen LogP contribution < -0.4 is 4.72 Å². The summed E-state index contributed by atoms with van der Waals surface area (Å²) < 4.78 is 25.5. The second-order valence-corrected chi connectivity index (χ2v) is 7.73. The predicted molar refractivity (Wildman–Crippen MR) is 77.3 cm³/mol. The third-order valence-corrected chi connectivity index (χ3v) is 5.83. The zero-order valence-electron chi connectivity index (χ0n) is 10.9. The Labute approximate surface area is 129 Å². The number of carbonyl (C=O) groups is 1. The van der Waals surface area contributed by atoms with Crippen LogP contribution in [0.2, 0.25) is 4.34 Å². The van der Waals surface area contributed by atoms with Crippen LogP contribution in [0.1, 0.15) is 26.2 Å². The van der Waals surface area contributed by atoms with E-state index in [-0.39, 0.29) is 15.0 Å². The number of carboxylic acids is 1. The van der Waals surface area contributed by atoms with Gasteiger partial charge in [0.05, 0.1) is 4.92 Å². The van der Waals surface area contributed by atoms with Gasteiger partial charge in [0.25, 0.3) is 15.7 Å². The molecule has 1 unspecified atom stereocenters. The number of nitrogens with one attached hydrogen (secondary N) is 1.